The molecule has 0 saturated carbocycles. The van der Waals surface area contributed by atoms with Gasteiger partial charge in [-0.3, -0.25) is 9.59 Å². The summed E-state index contributed by atoms with van der Waals surface area (Å²) >= 11 is 0. The lowest BCUT2D eigenvalue weighted by Gasteiger charge is -2.28. The highest BCUT2D eigenvalue weighted by molar-refractivity contribution is 6.01. The lowest BCUT2D eigenvalue weighted by atomic mass is 10.1. The van der Waals surface area contributed by atoms with Crippen LogP contribution in [0, 0.1) is 6.92 Å². The minimum absolute atomic E-state index is 0.0165. The van der Waals surface area contributed by atoms with Gasteiger partial charge in [-0.15, -0.1) is 0 Å². The van der Waals surface area contributed by atoms with Gasteiger partial charge >= 0.3 is 0 Å². The number of hydrogen-bond acceptors (Lipinski definition) is 4. The van der Waals surface area contributed by atoms with Gasteiger partial charge in [0.15, 0.2) is 0 Å². The lowest BCUT2D eigenvalue weighted by molar-refractivity contribution is -0.135. The van der Waals surface area contributed by atoms with Crippen molar-refractivity contribution in [2.24, 2.45) is 0 Å². The van der Waals surface area contributed by atoms with Gasteiger partial charge in [0.2, 0.25) is 5.91 Å². The summed E-state index contributed by atoms with van der Waals surface area (Å²) in [5.74, 6) is -0.313. The van der Waals surface area contributed by atoms with E-state index in [1.165, 1.54) is 4.90 Å². The smallest absolute Gasteiger partial charge is 0.257 e. The number of nitrogens with zero attached hydrogens (tertiary/aromatic N) is 4. The van der Waals surface area contributed by atoms with Crippen LogP contribution in [0.3, 0.4) is 0 Å². The Bertz CT molecular complexity index is 1070. The van der Waals surface area contributed by atoms with E-state index in [1.54, 1.807) is 22.8 Å². The number of aryl methyl sites for hydroxylation is 1. The molecule has 1 aliphatic heterocycles. The zero-order valence-corrected chi connectivity index (χ0v) is 17.8. The number of para-hydroxylation sites is 1. The van der Waals surface area contributed by atoms with E-state index in [0.29, 0.717) is 37.6 Å². The van der Waals surface area contributed by atoms with Crippen molar-refractivity contribution in [1.29, 1.82) is 0 Å². The van der Waals surface area contributed by atoms with E-state index in [1.807, 2.05) is 61.5 Å². The molecule has 1 saturated heterocycles. The number of rotatable bonds is 5. The molecule has 0 unspecified atom stereocenters. The number of amides is 2. The molecule has 31 heavy (non-hydrogen) atoms. The third-order valence-corrected chi connectivity index (χ3v) is 5.34. The fraction of sp³-hybridized carbons (Fsp3) is 0.292. The Balaban J connectivity index is 1.64. The number of ether oxygens (including phenoxy) is 1. The van der Waals surface area contributed by atoms with Crippen LogP contribution in [0.25, 0.3) is 16.9 Å². The number of carbonyl (C=O) groups excluding carboxylic acids is 2. The van der Waals surface area contributed by atoms with Crippen molar-refractivity contribution in [3.8, 4) is 16.9 Å². The molecule has 7 nitrogen and oxygen atoms in total. The van der Waals surface area contributed by atoms with Crippen molar-refractivity contribution in [1.82, 2.24) is 19.6 Å². The molecule has 2 amide bonds. The number of hydrogen-bond donors (Lipinski definition) is 0. The number of likely N-dealkylation sites (N-methyl/N-ethyl adjacent to an activating group) is 1. The quantitative estimate of drug-likeness (QED) is 0.639. The van der Waals surface area contributed by atoms with E-state index in [4.69, 9.17) is 9.84 Å². The molecule has 0 atom stereocenters. The van der Waals surface area contributed by atoms with Gasteiger partial charge in [-0.1, -0.05) is 42.0 Å². The molecule has 3 aromatic rings. The van der Waals surface area contributed by atoms with E-state index in [9.17, 15) is 9.59 Å². The maximum atomic E-state index is 13.4. The topological polar surface area (TPSA) is 67.7 Å². The van der Waals surface area contributed by atoms with Gasteiger partial charge in [-0.05, 0) is 25.1 Å². The van der Waals surface area contributed by atoms with Crippen LogP contribution in [-0.4, -0.2) is 71.3 Å². The molecule has 2 aromatic carbocycles. The Kier molecular flexibility index (Phi) is 6.13. The van der Waals surface area contributed by atoms with Crippen molar-refractivity contribution < 1.29 is 14.3 Å². The molecule has 4 rings (SSSR count). The van der Waals surface area contributed by atoms with E-state index in [-0.39, 0.29) is 18.4 Å². The normalized spacial score (nSPS) is 13.8. The maximum Gasteiger partial charge on any atom is 0.257 e. The highest BCUT2D eigenvalue weighted by atomic mass is 16.5. The Hall–Kier alpha value is -3.45. The first-order valence-electron chi connectivity index (χ1n) is 10.4. The second-order valence-corrected chi connectivity index (χ2v) is 7.70. The van der Waals surface area contributed by atoms with Gasteiger partial charge in [0.05, 0.1) is 31.0 Å². The molecule has 0 spiro atoms. The van der Waals surface area contributed by atoms with Crippen LogP contribution in [0.15, 0.2) is 60.8 Å². The molecule has 2 heterocycles. The van der Waals surface area contributed by atoms with Crippen molar-refractivity contribution in [2.45, 2.75) is 6.92 Å². The summed E-state index contributed by atoms with van der Waals surface area (Å²) < 4.78 is 7.02. The molecule has 160 valence electrons. The lowest BCUT2D eigenvalue weighted by Crippen LogP contribution is -2.46. The molecule has 1 aliphatic rings. The van der Waals surface area contributed by atoms with Crippen LogP contribution in [0.2, 0.25) is 0 Å². The third-order valence-electron chi connectivity index (χ3n) is 5.34. The monoisotopic (exact) mass is 418 g/mol. The van der Waals surface area contributed by atoms with Gasteiger partial charge in [0.1, 0.15) is 5.69 Å². The Labute approximate surface area is 181 Å². The second kappa shape index (κ2) is 9.14. The molecule has 0 aliphatic carbocycles. The van der Waals surface area contributed by atoms with Crippen LogP contribution < -0.4 is 0 Å². The number of morpholine rings is 1. The predicted octanol–water partition coefficient (Wildman–Crippen LogP) is 2.78. The molecular weight excluding hydrogens is 392 g/mol. The van der Waals surface area contributed by atoms with Crippen LogP contribution in [0.5, 0.6) is 0 Å². The molecular formula is C24H26N4O3. The first kappa shape index (κ1) is 20.8. The Morgan fingerprint density at radius 1 is 1.06 bits per heavy atom. The van der Waals surface area contributed by atoms with E-state index in [0.717, 1.165) is 16.8 Å². The summed E-state index contributed by atoms with van der Waals surface area (Å²) in [4.78, 5) is 29.2. The Morgan fingerprint density at radius 2 is 1.81 bits per heavy atom. The minimum Gasteiger partial charge on any atom is -0.378 e. The summed E-state index contributed by atoms with van der Waals surface area (Å²) in [6.07, 6.45) is 1.74. The van der Waals surface area contributed by atoms with Crippen molar-refractivity contribution in [3.63, 3.8) is 0 Å². The zero-order chi connectivity index (χ0) is 21.8. The highest BCUT2D eigenvalue weighted by Crippen LogP contribution is 2.25. The standard InChI is InChI=1S/C24H26N4O3/c1-18-7-6-8-19(15-18)23-21(16-28(25-23)20-9-4-3-5-10-20)24(30)26(2)17-22(29)27-11-13-31-14-12-27/h3-10,15-16H,11-14,17H2,1-2H3. The molecule has 0 bridgehead atoms. The summed E-state index contributed by atoms with van der Waals surface area (Å²) in [6, 6.07) is 17.6. The van der Waals surface area contributed by atoms with Gasteiger partial charge < -0.3 is 14.5 Å². The average Bonchev–Trinajstić information content (AvgIpc) is 3.25. The van der Waals surface area contributed by atoms with E-state index >= 15 is 0 Å². The molecule has 0 N–H and O–H groups in total. The van der Waals surface area contributed by atoms with Crippen LogP contribution in [0.1, 0.15) is 15.9 Å². The Morgan fingerprint density at radius 3 is 2.52 bits per heavy atom. The number of carbonyl (C=O) groups is 2. The number of aromatic nitrogens is 2. The van der Waals surface area contributed by atoms with Crippen molar-refractivity contribution in [2.75, 3.05) is 39.9 Å². The summed E-state index contributed by atoms with van der Waals surface area (Å²) in [5.41, 5.74) is 3.88. The fourth-order valence-electron chi connectivity index (χ4n) is 3.64. The average molecular weight is 418 g/mol. The van der Waals surface area contributed by atoms with Gasteiger partial charge in [0, 0.05) is 31.9 Å². The predicted molar refractivity (Wildman–Crippen MR) is 118 cm³/mol. The van der Waals surface area contributed by atoms with E-state index < -0.39 is 0 Å². The summed E-state index contributed by atoms with van der Waals surface area (Å²) in [6.45, 7) is 4.20. The maximum absolute atomic E-state index is 13.4. The first-order chi connectivity index (χ1) is 15.0. The second-order valence-electron chi connectivity index (χ2n) is 7.70. The van der Waals surface area contributed by atoms with Crippen molar-refractivity contribution in [3.05, 3.63) is 71.9 Å². The molecule has 7 heteroatoms. The van der Waals surface area contributed by atoms with Gasteiger partial charge in [-0.2, -0.15) is 5.10 Å². The minimum atomic E-state index is -0.236. The first-order valence-corrected chi connectivity index (χ1v) is 10.4. The largest absolute Gasteiger partial charge is 0.378 e. The summed E-state index contributed by atoms with van der Waals surface area (Å²) in [7, 11) is 1.65. The molecule has 1 aromatic heterocycles. The highest BCUT2D eigenvalue weighted by Gasteiger charge is 2.25. The molecule has 1 fully saturated rings. The summed E-state index contributed by atoms with van der Waals surface area (Å²) in [5, 5.41) is 4.72. The molecule has 0 radical (unpaired) electrons. The van der Waals surface area contributed by atoms with Crippen LogP contribution in [-0.2, 0) is 9.53 Å². The van der Waals surface area contributed by atoms with Crippen LogP contribution >= 0.6 is 0 Å². The number of benzene rings is 2. The van der Waals surface area contributed by atoms with Crippen molar-refractivity contribution >= 4 is 11.8 Å². The van der Waals surface area contributed by atoms with Gasteiger partial charge in [-0.25, -0.2) is 4.68 Å². The zero-order valence-electron chi connectivity index (χ0n) is 17.8. The van der Waals surface area contributed by atoms with E-state index in [2.05, 4.69) is 0 Å². The fourth-order valence-corrected chi connectivity index (χ4v) is 3.64. The SMILES string of the molecule is Cc1cccc(-c2nn(-c3ccccc3)cc2C(=O)N(C)CC(=O)N2CCOCC2)c1. The van der Waals surface area contributed by atoms with Crippen LogP contribution in [0.4, 0.5) is 0 Å². The van der Waals surface area contributed by atoms with Gasteiger partial charge in [0.25, 0.3) is 5.91 Å². The third kappa shape index (κ3) is 4.67.